The molecule has 6 heteroatoms. The summed E-state index contributed by atoms with van der Waals surface area (Å²) < 4.78 is 25.5. The van der Waals surface area contributed by atoms with Gasteiger partial charge in [-0.15, -0.1) is 0 Å². The lowest BCUT2D eigenvalue weighted by Gasteiger charge is -2.11. The molecule has 1 aliphatic rings. The molecule has 1 fully saturated rings. The highest BCUT2D eigenvalue weighted by atomic mass is 19.1. The first-order valence-corrected chi connectivity index (χ1v) is 6.46. The number of carbonyl (C=O) groups excluding carboxylic acids is 1. The van der Waals surface area contributed by atoms with Gasteiger partial charge in [0, 0.05) is 18.3 Å². The van der Waals surface area contributed by atoms with Gasteiger partial charge in [-0.25, -0.2) is 8.78 Å². The van der Waals surface area contributed by atoms with Crippen LogP contribution in [0, 0.1) is 5.82 Å². The smallest absolute Gasteiger partial charge is 0.249 e. The van der Waals surface area contributed by atoms with Crippen LogP contribution in [-0.4, -0.2) is 18.2 Å². The van der Waals surface area contributed by atoms with Crippen molar-refractivity contribution in [3.8, 4) is 0 Å². The zero-order chi connectivity index (χ0) is 15.2. The number of amides is 1. The monoisotopic (exact) mass is 291 g/mol. The van der Waals surface area contributed by atoms with Gasteiger partial charge in [-0.3, -0.25) is 9.79 Å². The van der Waals surface area contributed by atoms with Crippen LogP contribution in [0.4, 0.5) is 20.2 Å². The van der Waals surface area contributed by atoms with Gasteiger partial charge in [0.05, 0.1) is 17.6 Å². The number of nitrogens with one attached hydrogen (secondary N) is 2. The molecule has 1 aromatic rings. The predicted octanol–water partition coefficient (Wildman–Crippen LogP) is 3.41. The number of hydrogen-bond donors (Lipinski definition) is 2. The number of benzene rings is 1. The van der Waals surface area contributed by atoms with E-state index in [0.29, 0.717) is 17.4 Å². The standard InChI is InChI=1S/C15H15F2N3O/c1-10(16)9-18-7-6-15(21)20-13-5-2-11(17)8-14(13)19-12-3-4-12/h2,5-9,12,19H,1,3-4H2,(H,20,21)/b7-6+,18-9?. The minimum atomic E-state index is -0.700. The maximum Gasteiger partial charge on any atom is 0.249 e. The fourth-order valence-corrected chi connectivity index (χ4v) is 1.60. The molecule has 1 saturated carbocycles. The molecule has 2 N–H and O–H groups in total. The van der Waals surface area contributed by atoms with E-state index in [9.17, 15) is 13.6 Å². The van der Waals surface area contributed by atoms with E-state index in [-0.39, 0.29) is 5.82 Å². The van der Waals surface area contributed by atoms with Crippen molar-refractivity contribution >= 4 is 23.5 Å². The molecule has 0 atom stereocenters. The fourth-order valence-electron chi connectivity index (χ4n) is 1.60. The average molecular weight is 291 g/mol. The first-order chi connectivity index (χ1) is 10.0. The van der Waals surface area contributed by atoms with Crippen LogP contribution in [0.5, 0.6) is 0 Å². The van der Waals surface area contributed by atoms with Gasteiger partial charge in [0.15, 0.2) is 0 Å². The maximum atomic E-state index is 13.2. The highest BCUT2D eigenvalue weighted by Crippen LogP contribution is 2.30. The van der Waals surface area contributed by atoms with E-state index in [1.807, 2.05) is 0 Å². The normalized spacial score (nSPS) is 14.6. The van der Waals surface area contributed by atoms with E-state index in [0.717, 1.165) is 31.3 Å². The summed E-state index contributed by atoms with van der Waals surface area (Å²) >= 11 is 0. The van der Waals surface area contributed by atoms with E-state index < -0.39 is 11.7 Å². The Bertz CT molecular complexity index is 607. The number of hydrogen-bond acceptors (Lipinski definition) is 3. The topological polar surface area (TPSA) is 53.5 Å². The van der Waals surface area contributed by atoms with E-state index in [1.54, 1.807) is 0 Å². The summed E-state index contributed by atoms with van der Waals surface area (Å²) in [6.07, 6.45) is 5.25. The molecule has 0 bridgehead atoms. The number of allylic oxidation sites excluding steroid dienone is 1. The summed E-state index contributed by atoms with van der Waals surface area (Å²) in [6, 6.07) is 4.42. The van der Waals surface area contributed by atoms with Crippen LogP contribution in [0.1, 0.15) is 12.8 Å². The number of nitrogens with zero attached hydrogens (tertiary/aromatic N) is 1. The van der Waals surface area contributed by atoms with Gasteiger partial charge in [0.1, 0.15) is 11.6 Å². The lowest BCUT2D eigenvalue weighted by atomic mass is 10.2. The van der Waals surface area contributed by atoms with Gasteiger partial charge in [0.25, 0.3) is 0 Å². The van der Waals surface area contributed by atoms with Gasteiger partial charge >= 0.3 is 0 Å². The molecule has 0 spiro atoms. The second kappa shape index (κ2) is 6.78. The van der Waals surface area contributed by atoms with Crippen molar-refractivity contribution in [1.29, 1.82) is 0 Å². The summed E-state index contributed by atoms with van der Waals surface area (Å²) in [5.74, 6) is -1.52. The lowest BCUT2D eigenvalue weighted by Crippen LogP contribution is -2.11. The summed E-state index contributed by atoms with van der Waals surface area (Å²) in [7, 11) is 0. The second-order valence-corrected chi connectivity index (χ2v) is 4.64. The summed E-state index contributed by atoms with van der Waals surface area (Å²) in [5, 5.41) is 5.76. The van der Waals surface area contributed by atoms with Crippen LogP contribution in [0.3, 0.4) is 0 Å². The molecule has 4 nitrogen and oxygen atoms in total. The van der Waals surface area contributed by atoms with E-state index in [1.165, 1.54) is 18.2 Å². The minimum Gasteiger partial charge on any atom is -0.381 e. The van der Waals surface area contributed by atoms with Crippen molar-refractivity contribution in [3.63, 3.8) is 0 Å². The molecule has 21 heavy (non-hydrogen) atoms. The largest absolute Gasteiger partial charge is 0.381 e. The van der Waals surface area contributed by atoms with Crippen LogP contribution < -0.4 is 10.6 Å². The molecule has 1 aliphatic carbocycles. The zero-order valence-corrected chi connectivity index (χ0v) is 11.3. The SMILES string of the molecule is C=C(F)C=N/C=C/C(=O)Nc1ccc(F)cc1NC1CC1. The van der Waals surface area contributed by atoms with Crippen LogP contribution in [0.15, 0.2) is 47.9 Å². The Morgan fingerprint density at radius 2 is 2.14 bits per heavy atom. The molecule has 2 rings (SSSR count). The number of aliphatic imine (C=N–C) groups is 1. The molecule has 0 saturated heterocycles. The Morgan fingerprint density at radius 3 is 2.81 bits per heavy atom. The molecular formula is C15H15F2N3O. The highest BCUT2D eigenvalue weighted by molar-refractivity contribution is 6.01. The Labute approximate surface area is 121 Å². The highest BCUT2D eigenvalue weighted by Gasteiger charge is 2.22. The van der Waals surface area contributed by atoms with E-state index in [4.69, 9.17) is 0 Å². The predicted molar refractivity (Wildman–Crippen MR) is 79.6 cm³/mol. The van der Waals surface area contributed by atoms with Crippen LogP contribution in [0.25, 0.3) is 0 Å². The molecule has 0 heterocycles. The molecule has 1 aromatic carbocycles. The first kappa shape index (κ1) is 14.9. The average Bonchev–Trinajstić information content (AvgIpc) is 3.22. The number of anilines is 2. The zero-order valence-electron chi connectivity index (χ0n) is 11.3. The molecular weight excluding hydrogens is 276 g/mol. The quantitative estimate of drug-likeness (QED) is 0.623. The molecule has 0 radical (unpaired) electrons. The van der Waals surface area contributed by atoms with Crippen LogP contribution >= 0.6 is 0 Å². The van der Waals surface area contributed by atoms with Crippen molar-refractivity contribution in [2.24, 2.45) is 4.99 Å². The van der Waals surface area contributed by atoms with Crippen molar-refractivity contribution in [2.75, 3.05) is 10.6 Å². The summed E-state index contributed by atoms with van der Waals surface area (Å²) in [6.45, 7) is 3.00. The van der Waals surface area contributed by atoms with Gasteiger partial charge in [-0.1, -0.05) is 6.58 Å². The third-order valence-corrected chi connectivity index (χ3v) is 2.70. The third kappa shape index (κ3) is 5.18. The van der Waals surface area contributed by atoms with Crippen molar-refractivity contribution < 1.29 is 13.6 Å². The van der Waals surface area contributed by atoms with E-state index in [2.05, 4.69) is 22.2 Å². The van der Waals surface area contributed by atoms with Gasteiger partial charge in [-0.05, 0) is 31.0 Å². The lowest BCUT2D eigenvalue weighted by molar-refractivity contribution is -0.111. The third-order valence-electron chi connectivity index (χ3n) is 2.70. The number of carbonyl (C=O) groups is 1. The van der Waals surface area contributed by atoms with Crippen molar-refractivity contribution in [2.45, 2.75) is 18.9 Å². The van der Waals surface area contributed by atoms with Crippen LogP contribution in [0.2, 0.25) is 0 Å². The Morgan fingerprint density at radius 1 is 1.38 bits per heavy atom. The molecule has 110 valence electrons. The van der Waals surface area contributed by atoms with Gasteiger partial charge in [-0.2, -0.15) is 0 Å². The first-order valence-electron chi connectivity index (χ1n) is 6.46. The maximum absolute atomic E-state index is 13.2. The van der Waals surface area contributed by atoms with Crippen LogP contribution in [-0.2, 0) is 4.79 Å². The fraction of sp³-hybridized carbons (Fsp3) is 0.200. The second-order valence-electron chi connectivity index (χ2n) is 4.64. The molecule has 0 aromatic heterocycles. The van der Waals surface area contributed by atoms with Crippen molar-refractivity contribution in [3.05, 3.63) is 48.7 Å². The minimum absolute atomic E-state index is 0.332. The molecule has 0 aliphatic heterocycles. The van der Waals surface area contributed by atoms with Gasteiger partial charge in [0.2, 0.25) is 5.91 Å². The van der Waals surface area contributed by atoms with E-state index >= 15 is 0 Å². The Hall–Kier alpha value is -2.50. The van der Waals surface area contributed by atoms with Gasteiger partial charge < -0.3 is 10.6 Å². The number of halogens is 2. The molecule has 1 amide bonds. The number of rotatable bonds is 6. The summed E-state index contributed by atoms with van der Waals surface area (Å²) in [4.78, 5) is 15.2. The Balaban J connectivity index is 2.00. The van der Waals surface area contributed by atoms with Crippen molar-refractivity contribution in [1.82, 2.24) is 0 Å². The molecule has 0 unspecified atom stereocenters. The summed E-state index contributed by atoms with van der Waals surface area (Å²) in [5.41, 5.74) is 1.02. The Kier molecular flexibility index (Phi) is 4.81.